The van der Waals surface area contributed by atoms with Gasteiger partial charge in [-0.05, 0) is 102 Å². The smallest absolute Gasteiger partial charge is 0.155 e. The van der Waals surface area contributed by atoms with Crippen LogP contribution in [0.2, 0.25) is 0 Å². The summed E-state index contributed by atoms with van der Waals surface area (Å²) in [6, 6.07) is 4.33. The number of ketones is 1. The van der Waals surface area contributed by atoms with E-state index in [1.807, 2.05) is 6.20 Å². The Morgan fingerprint density at radius 3 is 2.68 bits per heavy atom. The van der Waals surface area contributed by atoms with Crippen molar-refractivity contribution in [3.63, 3.8) is 0 Å². The highest BCUT2D eigenvalue weighted by Crippen LogP contribution is 2.74. The van der Waals surface area contributed by atoms with Crippen LogP contribution in [0.1, 0.15) is 70.8 Å². The van der Waals surface area contributed by atoms with E-state index in [1.165, 1.54) is 44.1 Å². The maximum atomic E-state index is 12.3. The van der Waals surface area contributed by atoms with E-state index in [2.05, 4.69) is 49.3 Å². The second kappa shape index (κ2) is 5.46. The van der Waals surface area contributed by atoms with Gasteiger partial charge >= 0.3 is 0 Å². The first kappa shape index (κ1) is 17.2. The molecule has 1 spiro atoms. The lowest BCUT2D eigenvalue weighted by Crippen LogP contribution is -2.52. The van der Waals surface area contributed by atoms with Crippen LogP contribution in [0.15, 0.2) is 42.3 Å². The molecule has 0 bridgehead atoms. The van der Waals surface area contributed by atoms with Gasteiger partial charge in [-0.2, -0.15) is 0 Å². The van der Waals surface area contributed by atoms with Crippen LogP contribution in [-0.2, 0) is 4.79 Å². The van der Waals surface area contributed by atoms with Crippen LogP contribution < -0.4 is 0 Å². The predicted octanol–water partition coefficient (Wildman–Crippen LogP) is 6.00. The Balaban J connectivity index is 1.40. The number of allylic oxidation sites excluding steroid dienone is 4. The van der Waals surface area contributed by atoms with Crippen LogP contribution in [0.5, 0.6) is 0 Å². The number of fused-ring (bicyclic) bond motifs is 6. The number of nitrogens with zero attached hydrogens (tertiary/aromatic N) is 1. The molecule has 5 atom stereocenters. The molecular weight excluding hydrogens is 342 g/mol. The van der Waals surface area contributed by atoms with Gasteiger partial charge in [0.25, 0.3) is 0 Å². The highest BCUT2D eigenvalue weighted by atomic mass is 16.1. The summed E-state index contributed by atoms with van der Waals surface area (Å²) in [6.07, 6.45) is 18.2. The lowest BCUT2D eigenvalue weighted by atomic mass is 9.44. The first-order valence-electron chi connectivity index (χ1n) is 11.3. The van der Waals surface area contributed by atoms with Gasteiger partial charge in [-0.25, -0.2) is 0 Å². The minimum Gasteiger partial charge on any atom is -0.295 e. The summed E-state index contributed by atoms with van der Waals surface area (Å²) < 4.78 is 0. The average Bonchev–Trinajstić information content (AvgIpc) is 3.37. The molecule has 5 aliphatic rings. The van der Waals surface area contributed by atoms with Crippen LogP contribution in [0.3, 0.4) is 0 Å². The molecule has 6 rings (SSSR count). The first-order chi connectivity index (χ1) is 13.5. The van der Waals surface area contributed by atoms with E-state index < -0.39 is 0 Å². The molecule has 1 aromatic rings. The van der Waals surface area contributed by atoms with Gasteiger partial charge in [-0.3, -0.25) is 9.78 Å². The van der Waals surface area contributed by atoms with Gasteiger partial charge in [-0.1, -0.05) is 31.6 Å². The topological polar surface area (TPSA) is 30.0 Å². The number of hydrogen-bond donors (Lipinski definition) is 0. The normalized spacial score (nSPS) is 42.9. The van der Waals surface area contributed by atoms with Gasteiger partial charge in [0.1, 0.15) is 0 Å². The van der Waals surface area contributed by atoms with E-state index in [0.29, 0.717) is 16.6 Å². The second-order valence-electron chi connectivity index (χ2n) is 10.9. The molecule has 3 fully saturated rings. The highest BCUT2D eigenvalue weighted by molar-refractivity contribution is 5.92. The molecule has 3 saturated carbocycles. The third kappa shape index (κ3) is 2.10. The molecule has 2 heteroatoms. The van der Waals surface area contributed by atoms with E-state index in [0.717, 1.165) is 30.6 Å². The van der Waals surface area contributed by atoms with Gasteiger partial charge in [0.15, 0.2) is 5.78 Å². The summed E-state index contributed by atoms with van der Waals surface area (Å²) in [4.78, 5) is 16.7. The number of hydrogen-bond acceptors (Lipinski definition) is 2. The first-order valence-corrected chi connectivity index (χ1v) is 11.3. The molecule has 0 radical (unpaired) electrons. The van der Waals surface area contributed by atoms with Crippen molar-refractivity contribution in [2.24, 2.45) is 34.0 Å². The fourth-order valence-electron chi connectivity index (χ4n) is 8.15. The van der Waals surface area contributed by atoms with E-state index in [-0.39, 0.29) is 5.41 Å². The lowest BCUT2D eigenvalue weighted by Gasteiger charge is -2.60. The standard InChI is InChI=1S/C26H31NO/c1-24-10-8-22-19(21(24)6-5-20(24)17-4-3-13-27-16-17)15-26(11-12-26)23-14-18(28)7-9-25(22,23)2/h3-5,13-14,16,19,21-22H,6-12,15H2,1-2H3/t19?,21?,22?,24-,25-/m1/s1. The fraction of sp³-hybridized carbons (Fsp3) is 0.615. The summed E-state index contributed by atoms with van der Waals surface area (Å²) in [5, 5.41) is 0. The van der Waals surface area contributed by atoms with E-state index in [1.54, 1.807) is 11.1 Å². The zero-order valence-corrected chi connectivity index (χ0v) is 17.2. The number of pyridine rings is 1. The maximum absolute atomic E-state index is 12.3. The van der Waals surface area contributed by atoms with Crippen molar-refractivity contribution >= 4 is 11.4 Å². The summed E-state index contributed by atoms with van der Waals surface area (Å²) >= 11 is 0. The fourth-order valence-corrected chi connectivity index (χ4v) is 8.15. The van der Waals surface area contributed by atoms with E-state index in [9.17, 15) is 4.79 Å². The maximum Gasteiger partial charge on any atom is 0.155 e. The number of carbonyl (C=O) groups excluding carboxylic acids is 1. The monoisotopic (exact) mass is 373 g/mol. The Kier molecular flexibility index (Phi) is 3.35. The van der Waals surface area contributed by atoms with Crippen molar-refractivity contribution in [2.75, 3.05) is 0 Å². The Morgan fingerprint density at radius 2 is 1.93 bits per heavy atom. The SMILES string of the molecule is C[C@]12CCC(=O)C=C1C1(CC1)CC1C2CC[C@]2(C)C(c3cccnc3)=CCC12. The van der Waals surface area contributed by atoms with Crippen molar-refractivity contribution in [3.8, 4) is 0 Å². The molecule has 146 valence electrons. The van der Waals surface area contributed by atoms with Crippen LogP contribution in [0.4, 0.5) is 0 Å². The van der Waals surface area contributed by atoms with Crippen molar-refractivity contribution < 1.29 is 4.79 Å². The molecule has 5 aliphatic carbocycles. The zero-order chi connectivity index (χ0) is 19.1. The van der Waals surface area contributed by atoms with Crippen LogP contribution >= 0.6 is 0 Å². The van der Waals surface area contributed by atoms with Crippen molar-refractivity contribution in [1.82, 2.24) is 4.98 Å². The molecule has 0 amide bonds. The molecule has 0 aromatic carbocycles. The molecule has 1 aromatic heterocycles. The second-order valence-corrected chi connectivity index (χ2v) is 10.9. The van der Waals surface area contributed by atoms with E-state index >= 15 is 0 Å². The van der Waals surface area contributed by atoms with Crippen molar-refractivity contribution in [3.05, 3.63) is 47.8 Å². The molecule has 1 heterocycles. The van der Waals surface area contributed by atoms with Gasteiger partial charge in [0, 0.05) is 18.8 Å². The van der Waals surface area contributed by atoms with Gasteiger partial charge in [-0.15, -0.1) is 0 Å². The Hall–Kier alpha value is -1.70. The molecule has 0 aliphatic heterocycles. The van der Waals surface area contributed by atoms with Crippen LogP contribution in [0, 0.1) is 34.0 Å². The summed E-state index contributed by atoms with van der Waals surface area (Å²) in [5.74, 6) is 2.72. The largest absolute Gasteiger partial charge is 0.295 e. The minimum atomic E-state index is 0.270. The summed E-state index contributed by atoms with van der Waals surface area (Å²) in [5.41, 5.74) is 5.40. The Labute approximate surface area is 168 Å². The van der Waals surface area contributed by atoms with Crippen molar-refractivity contribution in [2.45, 2.75) is 65.2 Å². The third-order valence-corrected chi connectivity index (χ3v) is 9.67. The van der Waals surface area contributed by atoms with Crippen LogP contribution in [-0.4, -0.2) is 10.8 Å². The minimum absolute atomic E-state index is 0.270. The Bertz CT molecular complexity index is 908. The van der Waals surface area contributed by atoms with Gasteiger partial charge in [0.05, 0.1) is 0 Å². The number of rotatable bonds is 1. The third-order valence-electron chi connectivity index (χ3n) is 9.67. The predicted molar refractivity (Wildman–Crippen MR) is 111 cm³/mol. The summed E-state index contributed by atoms with van der Waals surface area (Å²) in [7, 11) is 0. The molecule has 0 N–H and O–H groups in total. The molecule has 3 unspecified atom stereocenters. The molecular formula is C26H31NO. The quantitative estimate of drug-likeness (QED) is 0.604. The van der Waals surface area contributed by atoms with Gasteiger partial charge < -0.3 is 0 Å². The summed E-state index contributed by atoms with van der Waals surface area (Å²) in [6.45, 7) is 5.06. The van der Waals surface area contributed by atoms with Gasteiger partial charge in [0.2, 0.25) is 0 Å². The molecule has 0 saturated heterocycles. The molecule has 28 heavy (non-hydrogen) atoms. The van der Waals surface area contributed by atoms with Crippen molar-refractivity contribution in [1.29, 1.82) is 0 Å². The number of aromatic nitrogens is 1. The molecule has 2 nitrogen and oxygen atoms in total. The highest BCUT2D eigenvalue weighted by Gasteiger charge is 2.65. The number of carbonyl (C=O) groups is 1. The lowest BCUT2D eigenvalue weighted by molar-refractivity contribution is -0.117. The average molecular weight is 374 g/mol. The Morgan fingerprint density at radius 1 is 1.07 bits per heavy atom. The van der Waals surface area contributed by atoms with Crippen LogP contribution in [0.25, 0.3) is 5.57 Å². The van der Waals surface area contributed by atoms with E-state index in [4.69, 9.17) is 0 Å². The zero-order valence-electron chi connectivity index (χ0n) is 17.2.